The summed E-state index contributed by atoms with van der Waals surface area (Å²) in [6.45, 7) is 3.60. The lowest BCUT2D eigenvalue weighted by Crippen LogP contribution is -2.37. The van der Waals surface area contributed by atoms with Crippen LogP contribution in [-0.4, -0.2) is 41.0 Å². The largest absolute Gasteiger partial charge is 0.409 e. The maximum Gasteiger partial charge on any atom is 0.288 e. The average Bonchev–Trinajstić information content (AvgIpc) is 2.85. The van der Waals surface area contributed by atoms with Gasteiger partial charge in [0.05, 0.1) is 35.5 Å². The van der Waals surface area contributed by atoms with Crippen molar-refractivity contribution in [2.75, 3.05) is 26.3 Å². The van der Waals surface area contributed by atoms with E-state index in [2.05, 4.69) is 10.00 Å². The second-order valence-corrected chi connectivity index (χ2v) is 6.36. The first-order valence-electron chi connectivity index (χ1n) is 6.57. The van der Waals surface area contributed by atoms with Gasteiger partial charge in [0.15, 0.2) is 0 Å². The van der Waals surface area contributed by atoms with Crippen LogP contribution in [0.1, 0.15) is 0 Å². The molecule has 0 spiro atoms. The van der Waals surface area contributed by atoms with E-state index in [0.717, 1.165) is 13.1 Å². The summed E-state index contributed by atoms with van der Waals surface area (Å²) in [5, 5.41) is 5.51. The van der Waals surface area contributed by atoms with E-state index in [9.17, 15) is 0 Å². The van der Waals surface area contributed by atoms with Gasteiger partial charge >= 0.3 is 0 Å². The molecular formula is C13H12Cl3N3O2S. The molecule has 0 amide bonds. The van der Waals surface area contributed by atoms with Gasteiger partial charge in [-0.25, -0.2) is 4.68 Å². The van der Waals surface area contributed by atoms with Crippen LogP contribution in [0.2, 0.25) is 15.1 Å². The second kappa shape index (κ2) is 6.86. The van der Waals surface area contributed by atoms with Crippen LogP contribution in [0.3, 0.4) is 0 Å². The highest BCUT2D eigenvalue weighted by Crippen LogP contribution is 2.35. The van der Waals surface area contributed by atoms with Crippen LogP contribution in [0.15, 0.2) is 16.5 Å². The zero-order valence-corrected chi connectivity index (χ0v) is 14.5. The van der Waals surface area contributed by atoms with E-state index in [1.54, 1.807) is 16.8 Å². The topological polar surface area (TPSA) is 43.4 Å². The second-order valence-electron chi connectivity index (χ2n) is 4.79. The van der Waals surface area contributed by atoms with Gasteiger partial charge in [-0.1, -0.05) is 34.8 Å². The molecule has 2 aromatic rings. The Hall–Kier alpha value is -0.630. The summed E-state index contributed by atoms with van der Waals surface area (Å²) in [6, 6.07) is 3.21. The van der Waals surface area contributed by atoms with Crippen molar-refractivity contribution >= 4 is 47.0 Å². The van der Waals surface area contributed by atoms with Crippen molar-refractivity contribution in [2.45, 2.75) is 6.67 Å². The zero-order chi connectivity index (χ0) is 15.7. The van der Waals surface area contributed by atoms with Crippen molar-refractivity contribution in [3.8, 4) is 11.5 Å². The summed E-state index contributed by atoms with van der Waals surface area (Å²) < 4.78 is 12.5. The predicted octanol–water partition coefficient (Wildman–Crippen LogP) is 4.12. The van der Waals surface area contributed by atoms with Gasteiger partial charge in [0.2, 0.25) is 5.89 Å². The van der Waals surface area contributed by atoms with E-state index in [0.29, 0.717) is 46.4 Å². The fourth-order valence-corrected chi connectivity index (χ4v) is 3.01. The lowest BCUT2D eigenvalue weighted by Gasteiger charge is -2.25. The number of hydrogen-bond donors (Lipinski definition) is 0. The number of aromatic nitrogens is 2. The number of rotatable bonds is 3. The lowest BCUT2D eigenvalue weighted by molar-refractivity contribution is 0.0206. The van der Waals surface area contributed by atoms with Crippen molar-refractivity contribution in [3.63, 3.8) is 0 Å². The molecule has 0 N–H and O–H groups in total. The molecule has 9 heteroatoms. The Morgan fingerprint density at radius 2 is 1.91 bits per heavy atom. The lowest BCUT2D eigenvalue weighted by atomic mass is 10.2. The minimum Gasteiger partial charge on any atom is -0.409 e. The highest BCUT2D eigenvalue weighted by atomic mass is 35.5. The van der Waals surface area contributed by atoms with Gasteiger partial charge in [0.25, 0.3) is 4.84 Å². The van der Waals surface area contributed by atoms with Crippen molar-refractivity contribution < 1.29 is 9.15 Å². The molecule has 1 aliphatic heterocycles. The Balaban J connectivity index is 1.90. The first-order valence-corrected chi connectivity index (χ1v) is 8.12. The van der Waals surface area contributed by atoms with Crippen LogP contribution in [0.5, 0.6) is 0 Å². The van der Waals surface area contributed by atoms with Gasteiger partial charge in [0.1, 0.15) is 0 Å². The standard InChI is InChI=1S/C13H12Cl3N3O2S/c14-8-5-9(11(16)10(15)6-8)12-17-19(13(22)21-12)7-18-1-3-20-4-2-18/h5-6H,1-4,7H2. The molecule has 0 saturated carbocycles. The van der Waals surface area contributed by atoms with E-state index in [1.807, 2.05) is 0 Å². The summed E-state index contributed by atoms with van der Waals surface area (Å²) in [4.78, 5) is 2.45. The van der Waals surface area contributed by atoms with Crippen molar-refractivity contribution in [3.05, 3.63) is 32.0 Å². The molecule has 1 aliphatic rings. The number of hydrogen-bond acceptors (Lipinski definition) is 5. The third kappa shape index (κ3) is 3.48. The van der Waals surface area contributed by atoms with E-state index in [4.69, 9.17) is 56.2 Å². The van der Waals surface area contributed by atoms with Crippen LogP contribution >= 0.6 is 47.0 Å². The molecule has 118 valence electrons. The molecular weight excluding hydrogens is 369 g/mol. The smallest absolute Gasteiger partial charge is 0.288 e. The highest BCUT2D eigenvalue weighted by Gasteiger charge is 2.17. The normalized spacial score (nSPS) is 16.1. The van der Waals surface area contributed by atoms with Gasteiger partial charge in [-0.2, -0.15) is 0 Å². The number of benzene rings is 1. The van der Waals surface area contributed by atoms with Gasteiger partial charge < -0.3 is 9.15 Å². The molecule has 2 heterocycles. The van der Waals surface area contributed by atoms with Gasteiger partial charge in [-0.3, -0.25) is 4.90 Å². The van der Waals surface area contributed by atoms with Gasteiger partial charge in [-0.15, -0.1) is 5.10 Å². The van der Waals surface area contributed by atoms with Crippen LogP contribution in [0.25, 0.3) is 11.5 Å². The molecule has 1 fully saturated rings. The molecule has 1 aromatic carbocycles. The molecule has 0 radical (unpaired) electrons. The molecule has 22 heavy (non-hydrogen) atoms. The molecule has 0 atom stereocenters. The molecule has 0 bridgehead atoms. The minimum atomic E-state index is 0.272. The first-order chi connectivity index (χ1) is 10.5. The summed E-state index contributed by atoms with van der Waals surface area (Å²) >= 11 is 23.4. The molecule has 5 nitrogen and oxygen atoms in total. The Morgan fingerprint density at radius 3 is 2.64 bits per heavy atom. The van der Waals surface area contributed by atoms with Crippen LogP contribution < -0.4 is 0 Å². The van der Waals surface area contributed by atoms with Gasteiger partial charge in [-0.05, 0) is 24.4 Å². The quantitative estimate of drug-likeness (QED) is 0.592. The maximum absolute atomic E-state index is 6.19. The molecule has 0 aliphatic carbocycles. The zero-order valence-electron chi connectivity index (χ0n) is 11.4. The van der Waals surface area contributed by atoms with E-state index in [1.165, 1.54) is 0 Å². The SMILES string of the molecule is S=c1oc(-c2cc(Cl)cc(Cl)c2Cl)nn1CN1CCOCC1. The number of ether oxygens (including phenoxy) is 1. The number of morpholine rings is 1. The minimum absolute atomic E-state index is 0.272. The summed E-state index contributed by atoms with van der Waals surface area (Å²) in [5.74, 6) is 0.299. The Bertz CT molecular complexity index is 741. The summed E-state index contributed by atoms with van der Waals surface area (Å²) in [6.07, 6.45) is 0. The predicted molar refractivity (Wildman–Crippen MR) is 88.2 cm³/mol. The van der Waals surface area contributed by atoms with Crippen LogP contribution in [0.4, 0.5) is 0 Å². The Kier molecular flexibility index (Phi) is 5.07. The Labute approximate surface area is 147 Å². The van der Waals surface area contributed by atoms with Gasteiger partial charge in [0, 0.05) is 18.1 Å². The van der Waals surface area contributed by atoms with Crippen LogP contribution in [-0.2, 0) is 11.4 Å². The molecule has 3 rings (SSSR count). The molecule has 1 saturated heterocycles. The van der Waals surface area contributed by atoms with Crippen LogP contribution in [0, 0.1) is 4.84 Å². The first kappa shape index (κ1) is 16.2. The van der Waals surface area contributed by atoms with E-state index < -0.39 is 0 Å². The third-order valence-electron chi connectivity index (χ3n) is 3.27. The number of nitrogens with zero attached hydrogens (tertiary/aromatic N) is 3. The maximum atomic E-state index is 6.19. The monoisotopic (exact) mass is 379 g/mol. The molecule has 0 unspecified atom stereocenters. The average molecular weight is 381 g/mol. The number of halogens is 3. The Morgan fingerprint density at radius 1 is 1.18 bits per heavy atom. The summed E-state index contributed by atoms with van der Waals surface area (Å²) in [7, 11) is 0. The van der Waals surface area contributed by atoms with Crippen molar-refractivity contribution in [1.29, 1.82) is 0 Å². The fourth-order valence-electron chi connectivity index (χ4n) is 2.15. The molecule has 1 aromatic heterocycles. The van der Waals surface area contributed by atoms with E-state index in [-0.39, 0.29) is 4.84 Å². The van der Waals surface area contributed by atoms with Crippen molar-refractivity contribution in [2.24, 2.45) is 0 Å². The summed E-state index contributed by atoms with van der Waals surface area (Å²) in [5.41, 5.74) is 0.519. The van der Waals surface area contributed by atoms with Crippen molar-refractivity contribution in [1.82, 2.24) is 14.7 Å². The fraction of sp³-hybridized carbons (Fsp3) is 0.385. The third-order valence-corrected chi connectivity index (χ3v) is 4.58. The highest BCUT2D eigenvalue weighted by molar-refractivity contribution is 7.71. The van der Waals surface area contributed by atoms with E-state index >= 15 is 0 Å².